The Morgan fingerprint density at radius 3 is 2.46 bits per heavy atom. The summed E-state index contributed by atoms with van der Waals surface area (Å²) in [5.41, 5.74) is 1.42. The van der Waals surface area contributed by atoms with Gasteiger partial charge in [0.2, 0.25) is 0 Å². The Bertz CT molecular complexity index is 892. The number of aromatic carboxylic acids is 1. The molecule has 2 rings (SSSR count). The number of benzene rings is 1. The number of hydrogen-bond donors (Lipinski definition) is 2. The number of carboxylic acid groups (broad SMARTS) is 1. The van der Waals surface area contributed by atoms with Gasteiger partial charge in [0.05, 0.1) is 16.1 Å². The number of carboxylic acids is 1. The van der Waals surface area contributed by atoms with Crippen molar-refractivity contribution in [1.82, 2.24) is 4.98 Å². The SMILES string of the molecule is Cc1ccc(C)c(S(=O)(=O)Nc2cc(C(=O)O)cnc2N(C)C)c1. The van der Waals surface area contributed by atoms with E-state index in [1.54, 1.807) is 45.0 Å². The normalized spacial score (nSPS) is 11.2. The summed E-state index contributed by atoms with van der Waals surface area (Å²) in [5.74, 6) is -0.853. The summed E-state index contributed by atoms with van der Waals surface area (Å²) in [4.78, 5) is 16.9. The number of rotatable bonds is 5. The van der Waals surface area contributed by atoms with Crippen molar-refractivity contribution in [1.29, 1.82) is 0 Å². The van der Waals surface area contributed by atoms with Gasteiger partial charge in [-0.15, -0.1) is 0 Å². The summed E-state index contributed by atoms with van der Waals surface area (Å²) in [6.07, 6.45) is 1.19. The number of sulfonamides is 1. The fourth-order valence-electron chi connectivity index (χ4n) is 2.20. The van der Waals surface area contributed by atoms with Gasteiger partial charge in [0.25, 0.3) is 10.0 Å². The minimum Gasteiger partial charge on any atom is -0.478 e. The number of aromatic nitrogens is 1. The fourth-order valence-corrected chi connectivity index (χ4v) is 3.59. The first kappa shape index (κ1) is 17.7. The van der Waals surface area contributed by atoms with E-state index in [1.807, 2.05) is 6.07 Å². The monoisotopic (exact) mass is 349 g/mol. The Labute approximate surface area is 141 Å². The molecular formula is C16H19N3O4S. The number of anilines is 2. The summed E-state index contributed by atoms with van der Waals surface area (Å²) in [6, 6.07) is 6.38. The molecule has 0 aliphatic heterocycles. The lowest BCUT2D eigenvalue weighted by molar-refractivity contribution is 0.0696. The third-order valence-corrected chi connectivity index (χ3v) is 4.92. The fraction of sp³-hybridized carbons (Fsp3) is 0.250. The number of carbonyl (C=O) groups is 1. The topological polar surface area (TPSA) is 99.6 Å². The molecule has 0 atom stereocenters. The molecule has 1 aromatic carbocycles. The molecular weight excluding hydrogens is 330 g/mol. The van der Waals surface area contributed by atoms with Crippen molar-refractivity contribution in [3.63, 3.8) is 0 Å². The number of nitrogens with zero attached hydrogens (tertiary/aromatic N) is 2. The highest BCUT2D eigenvalue weighted by molar-refractivity contribution is 7.92. The Balaban J connectivity index is 2.54. The lowest BCUT2D eigenvalue weighted by atomic mass is 10.2. The van der Waals surface area contributed by atoms with Crippen molar-refractivity contribution in [3.8, 4) is 0 Å². The van der Waals surface area contributed by atoms with Crippen molar-refractivity contribution >= 4 is 27.5 Å². The minimum atomic E-state index is -3.87. The lowest BCUT2D eigenvalue weighted by Crippen LogP contribution is -2.19. The standard InChI is InChI=1S/C16H19N3O4S/c1-10-5-6-11(2)14(7-10)24(22,23)18-13-8-12(16(20)21)9-17-15(13)19(3)4/h5-9,18H,1-4H3,(H,20,21). The minimum absolute atomic E-state index is 0.0979. The molecule has 2 N–H and O–H groups in total. The van der Waals surface area contributed by atoms with Gasteiger partial charge in [-0.2, -0.15) is 0 Å². The Morgan fingerprint density at radius 2 is 1.88 bits per heavy atom. The summed E-state index contributed by atoms with van der Waals surface area (Å²) in [7, 11) is -0.489. The van der Waals surface area contributed by atoms with E-state index in [2.05, 4.69) is 9.71 Å². The molecule has 0 amide bonds. The van der Waals surface area contributed by atoms with Gasteiger partial charge in [0, 0.05) is 20.3 Å². The molecule has 0 aliphatic rings. The molecule has 0 radical (unpaired) electrons. The molecule has 0 spiro atoms. The van der Waals surface area contributed by atoms with Gasteiger partial charge in [-0.3, -0.25) is 4.72 Å². The zero-order valence-corrected chi connectivity index (χ0v) is 14.7. The maximum atomic E-state index is 12.7. The lowest BCUT2D eigenvalue weighted by Gasteiger charge is -2.18. The predicted octanol–water partition coefficient (Wildman–Crippen LogP) is 2.26. The van der Waals surface area contributed by atoms with E-state index in [0.717, 1.165) is 5.56 Å². The number of hydrogen-bond acceptors (Lipinski definition) is 5. The molecule has 0 saturated heterocycles. The Hall–Kier alpha value is -2.61. The van der Waals surface area contributed by atoms with Gasteiger partial charge < -0.3 is 10.0 Å². The van der Waals surface area contributed by atoms with Gasteiger partial charge in [-0.1, -0.05) is 12.1 Å². The van der Waals surface area contributed by atoms with Crippen LogP contribution in [0, 0.1) is 13.8 Å². The van der Waals surface area contributed by atoms with Crippen LogP contribution < -0.4 is 9.62 Å². The molecule has 0 unspecified atom stereocenters. The maximum absolute atomic E-state index is 12.7. The first-order valence-corrected chi connectivity index (χ1v) is 8.61. The zero-order valence-electron chi connectivity index (χ0n) is 13.9. The van der Waals surface area contributed by atoms with E-state index in [-0.39, 0.29) is 16.1 Å². The largest absolute Gasteiger partial charge is 0.478 e. The van der Waals surface area contributed by atoms with Crippen molar-refractivity contribution in [2.24, 2.45) is 0 Å². The van der Waals surface area contributed by atoms with E-state index in [4.69, 9.17) is 5.11 Å². The molecule has 1 heterocycles. The molecule has 24 heavy (non-hydrogen) atoms. The molecule has 0 saturated carbocycles. The molecule has 128 valence electrons. The first-order chi connectivity index (χ1) is 11.1. The van der Waals surface area contributed by atoms with Crippen LogP contribution in [0.3, 0.4) is 0 Å². The van der Waals surface area contributed by atoms with Gasteiger partial charge >= 0.3 is 5.97 Å². The number of nitrogens with one attached hydrogen (secondary N) is 1. The second kappa shape index (κ2) is 6.48. The summed E-state index contributed by atoms with van der Waals surface area (Å²) in [6.45, 7) is 3.50. The van der Waals surface area contributed by atoms with Crippen molar-refractivity contribution in [3.05, 3.63) is 47.2 Å². The molecule has 1 aromatic heterocycles. The van der Waals surface area contributed by atoms with Gasteiger partial charge in [-0.05, 0) is 37.1 Å². The van der Waals surface area contributed by atoms with Crippen LogP contribution in [0.15, 0.2) is 35.4 Å². The van der Waals surface area contributed by atoms with E-state index in [9.17, 15) is 13.2 Å². The zero-order chi connectivity index (χ0) is 18.1. The van der Waals surface area contributed by atoms with Crippen LogP contribution >= 0.6 is 0 Å². The van der Waals surface area contributed by atoms with Crippen molar-refractivity contribution < 1.29 is 18.3 Å². The average molecular weight is 349 g/mol. The third kappa shape index (κ3) is 3.65. The third-order valence-electron chi connectivity index (χ3n) is 3.41. The van der Waals surface area contributed by atoms with Crippen LogP contribution in [-0.4, -0.2) is 38.6 Å². The van der Waals surface area contributed by atoms with E-state index >= 15 is 0 Å². The van der Waals surface area contributed by atoms with Crippen LogP contribution in [0.1, 0.15) is 21.5 Å². The molecule has 0 bridgehead atoms. The van der Waals surface area contributed by atoms with Crippen LogP contribution in [0.4, 0.5) is 11.5 Å². The summed E-state index contributed by atoms with van der Waals surface area (Å²) < 4.78 is 27.9. The molecule has 7 nitrogen and oxygen atoms in total. The van der Waals surface area contributed by atoms with Crippen LogP contribution in [0.2, 0.25) is 0 Å². The van der Waals surface area contributed by atoms with Crippen molar-refractivity contribution in [2.75, 3.05) is 23.7 Å². The average Bonchev–Trinajstić information content (AvgIpc) is 2.48. The van der Waals surface area contributed by atoms with Gasteiger partial charge in [0.15, 0.2) is 5.82 Å². The van der Waals surface area contributed by atoms with Gasteiger partial charge in [-0.25, -0.2) is 18.2 Å². The highest BCUT2D eigenvalue weighted by atomic mass is 32.2. The van der Waals surface area contributed by atoms with Crippen LogP contribution in [0.5, 0.6) is 0 Å². The van der Waals surface area contributed by atoms with Gasteiger partial charge in [0.1, 0.15) is 0 Å². The smallest absolute Gasteiger partial charge is 0.337 e. The number of pyridine rings is 1. The summed E-state index contributed by atoms with van der Waals surface area (Å²) >= 11 is 0. The van der Waals surface area contributed by atoms with E-state index in [1.165, 1.54) is 12.3 Å². The van der Waals surface area contributed by atoms with Crippen LogP contribution in [0.25, 0.3) is 0 Å². The second-order valence-corrected chi connectivity index (χ2v) is 7.32. The van der Waals surface area contributed by atoms with E-state index < -0.39 is 16.0 Å². The molecule has 0 fully saturated rings. The van der Waals surface area contributed by atoms with Crippen molar-refractivity contribution in [2.45, 2.75) is 18.7 Å². The highest BCUT2D eigenvalue weighted by Gasteiger charge is 2.21. The maximum Gasteiger partial charge on any atom is 0.337 e. The van der Waals surface area contributed by atoms with E-state index in [0.29, 0.717) is 11.4 Å². The predicted molar refractivity (Wildman–Crippen MR) is 92.2 cm³/mol. The number of aryl methyl sites for hydroxylation is 2. The Morgan fingerprint density at radius 1 is 1.21 bits per heavy atom. The Kier molecular flexibility index (Phi) is 4.79. The molecule has 2 aromatic rings. The second-order valence-electron chi connectivity index (χ2n) is 5.67. The molecule has 8 heteroatoms. The highest BCUT2D eigenvalue weighted by Crippen LogP contribution is 2.27. The molecule has 0 aliphatic carbocycles. The summed E-state index contributed by atoms with van der Waals surface area (Å²) in [5, 5.41) is 9.10. The first-order valence-electron chi connectivity index (χ1n) is 7.12. The quantitative estimate of drug-likeness (QED) is 0.859. The van der Waals surface area contributed by atoms with Crippen LogP contribution in [-0.2, 0) is 10.0 Å².